The van der Waals surface area contributed by atoms with Crippen LogP contribution in [0.4, 0.5) is 10.5 Å². The maximum absolute atomic E-state index is 11.8. The number of amides is 2. The van der Waals surface area contributed by atoms with E-state index >= 15 is 0 Å². The second-order valence-electron chi connectivity index (χ2n) is 4.48. The van der Waals surface area contributed by atoms with Crippen molar-refractivity contribution in [3.05, 3.63) is 40.6 Å². The number of rotatable bonds is 4. The molecule has 1 aliphatic rings. The Bertz CT molecular complexity index is 630. The van der Waals surface area contributed by atoms with Crippen molar-refractivity contribution in [2.45, 2.75) is 6.10 Å². The molecule has 0 aliphatic carbocycles. The molecule has 2 aromatic rings. The standard InChI is InChI=1S/C14H14N2O4S/c17-11(9-3-4-21-7-9)6-15-14(18)16-10-1-2-12-13(5-10)20-8-19-12/h1-5,7,11,17H,6,8H2,(H2,15,16,18)/t11-/m0/s1. The minimum absolute atomic E-state index is 0.146. The molecule has 2 heterocycles. The van der Waals surface area contributed by atoms with E-state index < -0.39 is 6.10 Å². The molecule has 0 saturated heterocycles. The van der Waals surface area contributed by atoms with E-state index in [4.69, 9.17) is 9.47 Å². The summed E-state index contributed by atoms with van der Waals surface area (Å²) in [5.41, 5.74) is 1.39. The molecule has 21 heavy (non-hydrogen) atoms. The molecule has 2 amide bonds. The fourth-order valence-electron chi connectivity index (χ4n) is 1.92. The van der Waals surface area contributed by atoms with Gasteiger partial charge in [-0.3, -0.25) is 0 Å². The Morgan fingerprint density at radius 3 is 3.00 bits per heavy atom. The number of ether oxygens (including phenoxy) is 2. The van der Waals surface area contributed by atoms with Crippen LogP contribution >= 0.6 is 11.3 Å². The van der Waals surface area contributed by atoms with E-state index in [1.807, 2.05) is 16.8 Å². The van der Waals surface area contributed by atoms with E-state index in [0.29, 0.717) is 17.2 Å². The van der Waals surface area contributed by atoms with Gasteiger partial charge in [0, 0.05) is 18.3 Å². The van der Waals surface area contributed by atoms with Crippen molar-refractivity contribution in [3.63, 3.8) is 0 Å². The van der Waals surface area contributed by atoms with Gasteiger partial charge in [0.05, 0.1) is 6.10 Å². The molecule has 3 rings (SSSR count). The number of hydrogen-bond acceptors (Lipinski definition) is 5. The van der Waals surface area contributed by atoms with Gasteiger partial charge in [0.1, 0.15) is 0 Å². The highest BCUT2D eigenvalue weighted by Crippen LogP contribution is 2.34. The van der Waals surface area contributed by atoms with E-state index in [0.717, 1.165) is 5.56 Å². The molecule has 0 unspecified atom stereocenters. The maximum Gasteiger partial charge on any atom is 0.319 e. The van der Waals surface area contributed by atoms with Gasteiger partial charge in [-0.2, -0.15) is 11.3 Å². The van der Waals surface area contributed by atoms with Crippen LogP contribution in [0.15, 0.2) is 35.0 Å². The lowest BCUT2D eigenvalue weighted by Gasteiger charge is -2.11. The zero-order valence-electron chi connectivity index (χ0n) is 11.0. The van der Waals surface area contributed by atoms with Crippen LogP contribution in [0.25, 0.3) is 0 Å². The zero-order valence-corrected chi connectivity index (χ0v) is 11.9. The highest BCUT2D eigenvalue weighted by Gasteiger charge is 2.14. The first-order valence-electron chi connectivity index (χ1n) is 6.37. The highest BCUT2D eigenvalue weighted by atomic mass is 32.1. The van der Waals surface area contributed by atoms with Crippen molar-refractivity contribution in [2.75, 3.05) is 18.7 Å². The molecule has 110 valence electrons. The largest absolute Gasteiger partial charge is 0.454 e. The van der Waals surface area contributed by atoms with Crippen LogP contribution < -0.4 is 20.1 Å². The molecule has 1 aromatic heterocycles. The van der Waals surface area contributed by atoms with Gasteiger partial charge in [-0.15, -0.1) is 0 Å². The normalized spacial score (nSPS) is 13.8. The van der Waals surface area contributed by atoms with Gasteiger partial charge in [-0.05, 0) is 34.5 Å². The summed E-state index contributed by atoms with van der Waals surface area (Å²) in [4.78, 5) is 11.8. The summed E-state index contributed by atoms with van der Waals surface area (Å²) in [6, 6.07) is 6.59. The Morgan fingerprint density at radius 1 is 1.33 bits per heavy atom. The number of hydrogen-bond donors (Lipinski definition) is 3. The van der Waals surface area contributed by atoms with Crippen LogP contribution in [0.3, 0.4) is 0 Å². The molecule has 0 bridgehead atoms. The van der Waals surface area contributed by atoms with Gasteiger partial charge in [0.2, 0.25) is 6.79 Å². The SMILES string of the molecule is O=C(NC[C@H](O)c1ccsc1)Nc1ccc2c(c1)OCO2. The molecular formula is C14H14N2O4S. The summed E-state index contributed by atoms with van der Waals surface area (Å²) in [6.07, 6.45) is -0.709. The van der Waals surface area contributed by atoms with Crippen LogP contribution in [0.1, 0.15) is 11.7 Å². The molecule has 6 nitrogen and oxygen atoms in total. The van der Waals surface area contributed by atoms with Gasteiger partial charge in [-0.25, -0.2) is 4.79 Å². The molecule has 0 saturated carbocycles. The van der Waals surface area contributed by atoms with Gasteiger partial charge in [0.15, 0.2) is 11.5 Å². The molecule has 0 spiro atoms. The Labute approximate surface area is 125 Å². The Kier molecular flexibility index (Phi) is 3.94. The first-order chi connectivity index (χ1) is 10.2. The molecule has 1 aromatic carbocycles. The third kappa shape index (κ3) is 3.26. The van der Waals surface area contributed by atoms with Crippen LogP contribution in [0.5, 0.6) is 11.5 Å². The monoisotopic (exact) mass is 306 g/mol. The van der Waals surface area contributed by atoms with Crippen molar-refractivity contribution in [3.8, 4) is 11.5 Å². The summed E-state index contributed by atoms with van der Waals surface area (Å²) >= 11 is 1.50. The molecular weight excluding hydrogens is 292 g/mol. The maximum atomic E-state index is 11.8. The van der Waals surface area contributed by atoms with Gasteiger partial charge < -0.3 is 25.2 Å². The van der Waals surface area contributed by atoms with E-state index in [2.05, 4.69) is 10.6 Å². The van der Waals surface area contributed by atoms with Gasteiger partial charge >= 0.3 is 6.03 Å². The summed E-state index contributed by atoms with van der Waals surface area (Å²) in [5, 5.41) is 18.9. The molecule has 0 radical (unpaired) electrons. The lowest BCUT2D eigenvalue weighted by atomic mass is 10.2. The minimum atomic E-state index is -0.709. The van der Waals surface area contributed by atoms with Crippen LogP contribution in [-0.2, 0) is 0 Å². The summed E-state index contributed by atoms with van der Waals surface area (Å²) in [7, 11) is 0. The number of nitrogens with one attached hydrogen (secondary N) is 2. The van der Waals surface area contributed by atoms with Gasteiger partial charge in [-0.1, -0.05) is 0 Å². The summed E-state index contributed by atoms with van der Waals surface area (Å²) in [6.45, 7) is 0.338. The van der Waals surface area contributed by atoms with E-state index in [9.17, 15) is 9.90 Å². The number of fused-ring (bicyclic) bond motifs is 1. The van der Waals surface area contributed by atoms with Crippen molar-refractivity contribution >= 4 is 23.1 Å². The van der Waals surface area contributed by atoms with E-state index in [1.165, 1.54) is 11.3 Å². The van der Waals surface area contributed by atoms with E-state index in [-0.39, 0.29) is 19.4 Å². The smallest absolute Gasteiger partial charge is 0.319 e. The third-order valence-electron chi connectivity index (χ3n) is 3.01. The second kappa shape index (κ2) is 6.02. The van der Waals surface area contributed by atoms with Crippen molar-refractivity contribution < 1.29 is 19.4 Å². The van der Waals surface area contributed by atoms with Crippen LogP contribution in [-0.4, -0.2) is 24.5 Å². The first-order valence-corrected chi connectivity index (χ1v) is 7.31. The summed E-state index contributed by atoms with van der Waals surface area (Å²) < 4.78 is 10.4. The number of carbonyl (C=O) groups is 1. The van der Waals surface area contributed by atoms with Crippen molar-refractivity contribution in [1.82, 2.24) is 5.32 Å². The van der Waals surface area contributed by atoms with Crippen LogP contribution in [0.2, 0.25) is 0 Å². The number of aliphatic hydroxyl groups excluding tert-OH is 1. The number of anilines is 1. The molecule has 3 N–H and O–H groups in total. The average Bonchev–Trinajstić information content (AvgIpc) is 3.15. The van der Waals surface area contributed by atoms with E-state index in [1.54, 1.807) is 18.2 Å². The summed E-state index contributed by atoms with van der Waals surface area (Å²) in [5.74, 6) is 1.26. The number of carbonyl (C=O) groups excluding carboxylic acids is 1. The quantitative estimate of drug-likeness (QED) is 0.810. The third-order valence-corrected chi connectivity index (χ3v) is 3.72. The Hall–Kier alpha value is -2.25. The second-order valence-corrected chi connectivity index (χ2v) is 5.26. The molecule has 1 atom stereocenters. The number of aliphatic hydroxyl groups is 1. The van der Waals surface area contributed by atoms with Crippen molar-refractivity contribution in [2.24, 2.45) is 0 Å². The number of urea groups is 1. The lowest BCUT2D eigenvalue weighted by molar-refractivity contribution is 0.174. The number of thiophene rings is 1. The Balaban J connectivity index is 1.52. The van der Waals surface area contributed by atoms with Crippen LogP contribution in [0, 0.1) is 0 Å². The highest BCUT2D eigenvalue weighted by molar-refractivity contribution is 7.07. The Morgan fingerprint density at radius 2 is 2.19 bits per heavy atom. The molecule has 0 fully saturated rings. The lowest BCUT2D eigenvalue weighted by Crippen LogP contribution is -2.32. The molecule has 7 heteroatoms. The van der Waals surface area contributed by atoms with Gasteiger partial charge in [0.25, 0.3) is 0 Å². The topological polar surface area (TPSA) is 79.8 Å². The number of benzene rings is 1. The molecule has 1 aliphatic heterocycles. The zero-order chi connectivity index (χ0) is 14.7. The first kappa shape index (κ1) is 13.7. The average molecular weight is 306 g/mol. The minimum Gasteiger partial charge on any atom is -0.454 e. The predicted molar refractivity (Wildman–Crippen MR) is 78.9 cm³/mol. The fraction of sp³-hybridized carbons (Fsp3) is 0.214. The van der Waals surface area contributed by atoms with Crippen molar-refractivity contribution in [1.29, 1.82) is 0 Å². The fourth-order valence-corrected chi connectivity index (χ4v) is 2.63. The predicted octanol–water partition coefficient (Wildman–Crippen LogP) is 2.33.